The van der Waals surface area contributed by atoms with E-state index in [2.05, 4.69) is 152 Å². The first kappa shape index (κ1) is 24.7. The zero-order valence-electron chi connectivity index (χ0n) is 23.9. The SMILES string of the molecule is c1ccc(-c2ccc(-c3nc(-c4cccc5c4ccc4ccc6c7ccccc7ccc6c45)nc4ccccc34)cc2)cc1. The Morgan fingerprint density at radius 1 is 0.318 bits per heavy atom. The van der Waals surface area contributed by atoms with E-state index < -0.39 is 0 Å². The minimum atomic E-state index is 0.737. The van der Waals surface area contributed by atoms with Crippen LogP contribution in [-0.2, 0) is 0 Å². The summed E-state index contributed by atoms with van der Waals surface area (Å²) in [6, 6.07) is 56.2. The Labute approximate surface area is 254 Å². The summed E-state index contributed by atoms with van der Waals surface area (Å²) in [6.07, 6.45) is 0. The smallest absolute Gasteiger partial charge is 0.161 e. The van der Waals surface area contributed by atoms with Crippen LogP contribution in [0.4, 0.5) is 0 Å². The molecule has 0 spiro atoms. The summed E-state index contributed by atoms with van der Waals surface area (Å²) in [7, 11) is 0. The predicted molar refractivity (Wildman–Crippen MR) is 186 cm³/mol. The molecule has 0 aliphatic carbocycles. The second kappa shape index (κ2) is 9.86. The monoisotopic (exact) mass is 558 g/mol. The molecule has 0 unspecified atom stereocenters. The van der Waals surface area contributed by atoms with Crippen molar-refractivity contribution in [1.29, 1.82) is 0 Å². The van der Waals surface area contributed by atoms with Crippen LogP contribution in [0.3, 0.4) is 0 Å². The molecule has 44 heavy (non-hydrogen) atoms. The lowest BCUT2D eigenvalue weighted by Gasteiger charge is -2.14. The van der Waals surface area contributed by atoms with Gasteiger partial charge in [0.2, 0.25) is 0 Å². The number of rotatable bonds is 3. The molecule has 0 aliphatic rings. The van der Waals surface area contributed by atoms with Crippen LogP contribution < -0.4 is 0 Å². The van der Waals surface area contributed by atoms with E-state index in [-0.39, 0.29) is 0 Å². The normalized spacial score (nSPS) is 11.6. The first-order valence-corrected chi connectivity index (χ1v) is 15.0. The molecule has 0 fully saturated rings. The van der Waals surface area contributed by atoms with Gasteiger partial charge < -0.3 is 0 Å². The molecular weight excluding hydrogens is 532 g/mol. The van der Waals surface area contributed by atoms with E-state index in [4.69, 9.17) is 9.97 Å². The minimum Gasteiger partial charge on any atom is -0.228 e. The van der Waals surface area contributed by atoms with Gasteiger partial charge in [0.05, 0.1) is 11.2 Å². The van der Waals surface area contributed by atoms with Gasteiger partial charge in [0.25, 0.3) is 0 Å². The zero-order chi connectivity index (χ0) is 29.0. The molecule has 204 valence electrons. The Bertz CT molecular complexity index is 2530. The number of para-hydroxylation sites is 1. The molecule has 2 nitrogen and oxygen atoms in total. The number of benzene rings is 8. The Morgan fingerprint density at radius 2 is 0.932 bits per heavy atom. The quantitative estimate of drug-likeness (QED) is 0.202. The third-order valence-electron chi connectivity index (χ3n) is 8.87. The van der Waals surface area contributed by atoms with Gasteiger partial charge in [0.1, 0.15) is 0 Å². The van der Waals surface area contributed by atoms with Crippen LogP contribution >= 0.6 is 0 Å². The highest BCUT2D eigenvalue weighted by Crippen LogP contribution is 2.39. The lowest BCUT2D eigenvalue weighted by atomic mass is 9.92. The molecule has 0 atom stereocenters. The molecule has 0 N–H and O–H groups in total. The first-order chi connectivity index (χ1) is 21.8. The maximum Gasteiger partial charge on any atom is 0.161 e. The summed E-state index contributed by atoms with van der Waals surface area (Å²) in [6.45, 7) is 0. The molecule has 0 radical (unpaired) electrons. The lowest BCUT2D eigenvalue weighted by molar-refractivity contribution is 1.23. The summed E-state index contributed by atoms with van der Waals surface area (Å²) >= 11 is 0. The fourth-order valence-electron chi connectivity index (χ4n) is 6.74. The van der Waals surface area contributed by atoms with Crippen molar-refractivity contribution in [1.82, 2.24) is 9.97 Å². The molecule has 1 heterocycles. The molecule has 0 amide bonds. The van der Waals surface area contributed by atoms with E-state index in [0.717, 1.165) is 38.9 Å². The fourth-order valence-corrected chi connectivity index (χ4v) is 6.74. The Morgan fingerprint density at radius 3 is 1.80 bits per heavy atom. The van der Waals surface area contributed by atoms with Crippen molar-refractivity contribution in [2.45, 2.75) is 0 Å². The summed E-state index contributed by atoms with van der Waals surface area (Å²) in [5.41, 5.74) is 6.39. The van der Waals surface area contributed by atoms with Gasteiger partial charge in [0, 0.05) is 16.5 Å². The number of fused-ring (bicyclic) bond motifs is 8. The summed E-state index contributed by atoms with van der Waals surface area (Å²) in [4.78, 5) is 10.4. The van der Waals surface area contributed by atoms with E-state index in [0.29, 0.717) is 0 Å². The minimum absolute atomic E-state index is 0.737. The van der Waals surface area contributed by atoms with Crippen LogP contribution in [-0.4, -0.2) is 9.97 Å². The maximum atomic E-state index is 5.27. The maximum absolute atomic E-state index is 5.27. The summed E-state index contributed by atoms with van der Waals surface area (Å²) < 4.78 is 0. The fraction of sp³-hybridized carbons (Fsp3) is 0. The largest absolute Gasteiger partial charge is 0.228 e. The Balaban J connectivity index is 1.27. The molecule has 2 heteroatoms. The molecular formula is C42H26N2. The topological polar surface area (TPSA) is 25.8 Å². The van der Waals surface area contributed by atoms with E-state index in [1.165, 1.54) is 48.8 Å². The Hall–Kier alpha value is -5.86. The van der Waals surface area contributed by atoms with Crippen molar-refractivity contribution < 1.29 is 0 Å². The zero-order valence-corrected chi connectivity index (χ0v) is 23.9. The van der Waals surface area contributed by atoms with Crippen LogP contribution in [0.1, 0.15) is 0 Å². The van der Waals surface area contributed by atoms with E-state index >= 15 is 0 Å². The van der Waals surface area contributed by atoms with E-state index in [9.17, 15) is 0 Å². The number of nitrogens with zero attached hydrogens (tertiary/aromatic N) is 2. The van der Waals surface area contributed by atoms with Crippen LogP contribution in [0.15, 0.2) is 158 Å². The van der Waals surface area contributed by atoms with Gasteiger partial charge in [-0.05, 0) is 60.3 Å². The van der Waals surface area contributed by atoms with Crippen molar-refractivity contribution in [3.63, 3.8) is 0 Å². The second-order valence-electron chi connectivity index (χ2n) is 11.4. The van der Waals surface area contributed by atoms with Crippen molar-refractivity contribution in [3.8, 4) is 33.8 Å². The van der Waals surface area contributed by atoms with Crippen molar-refractivity contribution >= 4 is 54.0 Å². The predicted octanol–water partition coefficient (Wildman–Crippen LogP) is 11.2. The average Bonchev–Trinajstić information content (AvgIpc) is 3.10. The van der Waals surface area contributed by atoms with Gasteiger partial charge in [-0.25, -0.2) is 9.97 Å². The van der Waals surface area contributed by atoms with Gasteiger partial charge >= 0.3 is 0 Å². The molecule has 0 bridgehead atoms. The highest BCUT2D eigenvalue weighted by atomic mass is 14.9. The second-order valence-corrected chi connectivity index (χ2v) is 11.4. The van der Waals surface area contributed by atoms with E-state index in [1.54, 1.807) is 0 Å². The molecule has 9 rings (SSSR count). The first-order valence-electron chi connectivity index (χ1n) is 15.0. The third-order valence-corrected chi connectivity index (χ3v) is 8.87. The van der Waals surface area contributed by atoms with Crippen molar-refractivity contribution in [2.75, 3.05) is 0 Å². The third kappa shape index (κ3) is 3.89. The Kier molecular flexibility index (Phi) is 5.54. The van der Waals surface area contributed by atoms with Crippen LogP contribution in [0.5, 0.6) is 0 Å². The van der Waals surface area contributed by atoms with Gasteiger partial charge in [-0.2, -0.15) is 0 Å². The van der Waals surface area contributed by atoms with Crippen LogP contribution in [0, 0.1) is 0 Å². The van der Waals surface area contributed by atoms with Crippen LogP contribution in [0.2, 0.25) is 0 Å². The summed E-state index contributed by atoms with van der Waals surface area (Å²) in [5.74, 6) is 0.737. The molecule has 9 aromatic rings. The standard InChI is InChI=1S/C42H26N2/c1-2-9-27(10-3-1)28-17-19-31(20-18-28)41-38-13-6-7-16-39(38)43-42(44-41)37-15-8-14-35-34(37)25-23-30-22-24-33-32-12-5-4-11-29(32)21-26-36(33)40(30)35/h1-26H. The average molecular weight is 559 g/mol. The summed E-state index contributed by atoms with van der Waals surface area (Å²) in [5, 5.41) is 11.0. The molecule has 0 saturated heterocycles. The van der Waals surface area contributed by atoms with Crippen molar-refractivity contribution in [3.05, 3.63) is 158 Å². The molecule has 0 saturated carbocycles. The van der Waals surface area contributed by atoms with Crippen molar-refractivity contribution in [2.24, 2.45) is 0 Å². The van der Waals surface area contributed by atoms with Gasteiger partial charge in [-0.15, -0.1) is 0 Å². The van der Waals surface area contributed by atoms with Gasteiger partial charge in [-0.1, -0.05) is 152 Å². The molecule has 1 aromatic heterocycles. The number of aromatic nitrogens is 2. The van der Waals surface area contributed by atoms with Gasteiger partial charge in [-0.3, -0.25) is 0 Å². The van der Waals surface area contributed by atoms with Gasteiger partial charge in [0.15, 0.2) is 5.82 Å². The molecule has 0 aliphatic heterocycles. The highest BCUT2D eigenvalue weighted by Gasteiger charge is 2.15. The van der Waals surface area contributed by atoms with E-state index in [1.807, 2.05) is 6.07 Å². The number of hydrogen-bond donors (Lipinski definition) is 0. The highest BCUT2D eigenvalue weighted by molar-refractivity contribution is 6.25. The lowest BCUT2D eigenvalue weighted by Crippen LogP contribution is -1.96. The van der Waals surface area contributed by atoms with Crippen LogP contribution in [0.25, 0.3) is 87.8 Å². The number of hydrogen-bond acceptors (Lipinski definition) is 2. The molecule has 8 aromatic carbocycles.